The molecule has 1 aromatic heterocycles. The van der Waals surface area contributed by atoms with Gasteiger partial charge in [0.2, 0.25) is 11.8 Å². The van der Waals surface area contributed by atoms with Crippen LogP contribution in [0, 0.1) is 5.82 Å². The van der Waals surface area contributed by atoms with Crippen molar-refractivity contribution in [3.8, 4) is 22.7 Å². The summed E-state index contributed by atoms with van der Waals surface area (Å²) in [6.45, 7) is 3.58. The zero-order chi connectivity index (χ0) is 27.5. The normalized spacial score (nSPS) is 15.2. The van der Waals surface area contributed by atoms with Crippen LogP contribution in [0.15, 0.2) is 78.9 Å². The number of hydrogen-bond acceptors (Lipinski definition) is 5. The molecule has 1 aliphatic heterocycles. The van der Waals surface area contributed by atoms with Gasteiger partial charge in [0.1, 0.15) is 23.9 Å². The highest BCUT2D eigenvalue weighted by atomic mass is 32.2. The number of methoxy groups -OCH3 is 1. The van der Waals surface area contributed by atoms with Gasteiger partial charge < -0.3 is 10.1 Å². The minimum Gasteiger partial charge on any atom is -0.497 e. The molecule has 0 spiro atoms. The van der Waals surface area contributed by atoms with E-state index in [9.17, 15) is 14.0 Å². The molecular formula is C30H29FN4O3S. The number of carbonyl (C=O) groups excluding carboxylic acids is 2. The topological polar surface area (TPSA) is 76.5 Å². The maximum absolute atomic E-state index is 14.4. The fourth-order valence-electron chi connectivity index (χ4n) is 4.68. The third kappa shape index (κ3) is 5.54. The van der Waals surface area contributed by atoms with E-state index in [-0.39, 0.29) is 36.0 Å². The van der Waals surface area contributed by atoms with Gasteiger partial charge in [0.15, 0.2) is 0 Å². The van der Waals surface area contributed by atoms with Crippen LogP contribution in [0.4, 0.5) is 10.2 Å². The minimum atomic E-state index is -0.403. The number of ether oxygens (including phenoxy) is 1. The number of thioether (sulfide) groups is 1. The van der Waals surface area contributed by atoms with Gasteiger partial charge in [-0.2, -0.15) is 5.10 Å². The van der Waals surface area contributed by atoms with E-state index in [4.69, 9.17) is 9.84 Å². The molecule has 5 rings (SSSR count). The van der Waals surface area contributed by atoms with Crippen molar-refractivity contribution in [1.29, 1.82) is 0 Å². The second-order valence-corrected chi connectivity index (χ2v) is 10.6. The molecule has 2 heterocycles. The zero-order valence-corrected chi connectivity index (χ0v) is 22.7. The molecule has 0 aliphatic carbocycles. The van der Waals surface area contributed by atoms with E-state index < -0.39 is 5.25 Å². The molecule has 0 saturated carbocycles. The van der Waals surface area contributed by atoms with Gasteiger partial charge in [0.05, 0.1) is 29.5 Å². The lowest BCUT2D eigenvalue weighted by Gasteiger charge is -2.23. The van der Waals surface area contributed by atoms with Crippen LogP contribution < -0.4 is 15.0 Å². The van der Waals surface area contributed by atoms with Gasteiger partial charge in [0.25, 0.3) is 0 Å². The minimum absolute atomic E-state index is 0.0835. The number of benzene rings is 3. The number of aromatic nitrogens is 2. The lowest BCUT2D eigenvalue weighted by Crippen LogP contribution is -2.44. The fourth-order valence-corrected chi connectivity index (χ4v) is 5.86. The highest BCUT2D eigenvalue weighted by Gasteiger charge is 2.37. The first-order chi connectivity index (χ1) is 18.9. The Balaban J connectivity index is 1.79. The van der Waals surface area contributed by atoms with Crippen LogP contribution in [0.25, 0.3) is 16.9 Å². The Morgan fingerprint density at radius 3 is 2.51 bits per heavy atom. The summed E-state index contributed by atoms with van der Waals surface area (Å²) in [7, 11) is 1.59. The second kappa shape index (κ2) is 11.3. The first-order valence-electron chi connectivity index (χ1n) is 12.6. The van der Waals surface area contributed by atoms with Gasteiger partial charge in [-0.3, -0.25) is 14.5 Å². The van der Waals surface area contributed by atoms with Crippen molar-refractivity contribution in [3.05, 3.63) is 95.8 Å². The number of hydrogen-bond donors (Lipinski definition) is 1. The van der Waals surface area contributed by atoms with Gasteiger partial charge in [-0.25, -0.2) is 9.07 Å². The van der Waals surface area contributed by atoms with Crippen molar-refractivity contribution >= 4 is 29.4 Å². The average molecular weight is 545 g/mol. The molecular weight excluding hydrogens is 515 g/mol. The molecule has 1 aliphatic rings. The summed E-state index contributed by atoms with van der Waals surface area (Å²) < 4.78 is 21.5. The predicted octanol–water partition coefficient (Wildman–Crippen LogP) is 5.38. The zero-order valence-electron chi connectivity index (χ0n) is 21.9. The van der Waals surface area contributed by atoms with Crippen LogP contribution >= 0.6 is 11.8 Å². The van der Waals surface area contributed by atoms with E-state index in [1.165, 1.54) is 28.8 Å². The quantitative estimate of drug-likeness (QED) is 0.338. The summed E-state index contributed by atoms with van der Waals surface area (Å²) in [6.07, 6.45) is 0. The SMILES string of the molecule is COc1ccc(-n2nc(-c3ccccc3)c3c2N(CC(=O)NC(C)C)C(=O)CSC3c2cccc(F)c2)cc1. The predicted molar refractivity (Wildman–Crippen MR) is 152 cm³/mol. The molecule has 0 fully saturated rings. The number of nitrogens with one attached hydrogen (secondary N) is 1. The van der Waals surface area contributed by atoms with Gasteiger partial charge in [-0.15, -0.1) is 11.8 Å². The van der Waals surface area contributed by atoms with Crippen molar-refractivity contribution in [3.63, 3.8) is 0 Å². The second-order valence-electron chi connectivity index (χ2n) is 9.51. The Kier molecular flexibility index (Phi) is 7.70. The van der Waals surface area contributed by atoms with Crippen LogP contribution in [0.2, 0.25) is 0 Å². The van der Waals surface area contributed by atoms with Crippen molar-refractivity contribution in [2.75, 3.05) is 24.3 Å². The Hall–Kier alpha value is -4.11. The molecule has 1 unspecified atom stereocenters. The molecule has 1 N–H and O–H groups in total. The van der Waals surface area contributed by atoms with E-state index in [1.807, 2.05) is 74.5 Å². The van der Waals surface area contributed by atoms with Crippen LogP contribution in [-0.4, -0.2) is 47.0 Å². The number of fused-ring (bicyclic) bond motifs is 1. The number of nitrogens with zero attached hydrogens (tertiary/aromatic N) is 3. The number of amides is 2. The van der Waals surface area contributed by atoms with Crippen LogP contribution in [0.3, 0.4) is 0 Å². The first-order valence-corrected chi connectivity index (χ1v) is 13.7. The first kappa shape index (κ1) is 26.5. The fraction of sp³-hybridized carbons (Fsp3) is 0.233. The van der Waals surface area contributed by atoms with Gasteiger partial charge in [0, 0.05) is 17.2 Å². The van der Waals surface area contributed by atoms with E-state index in [0.717, 1.165) is 11.1 Å². The Bertz CT molecular complexity index is 1490. The van der Waals surface area contributed by atoms with Gasteiger partial charge in [-0.05, 0) is 55.8 Å². The maximum atomic E-state index is 14.4. The molecule has 2 amide bonds. The molecule has 1 atom stereocenters. The van der Waals surface area contributed by atoms with E-state index in [1.54, 1.807) is 17.9 Å². The van der Waals surface area contributed by atoms with Crippen LogP contribution in [-0.2, 0) is 9.59 Å². The standard InChI is InChI=1S/C30H29FN4O3S/c1-19(2)32-25(36)17-34-26(37)18-39-29(21-10-7-11-22(31)16-21)27-28(20-8-5-4-6-9-20)33-35(30(27)34)23-12-14-24(38-3)15-13-23/h4-16,19,29H,17-18H2,1-3H3,(H,32,36). The summed E-state index contributed by atoms with van der Waals surface area (Å²) >= 11 is 1.40. The molecule has 0 bridgehead atoms. The van der Waals surface area contributed by atoms with Gasteiger partial charge >= 0.3 is 0 Å². The third-order valence-corrected chi connectivity index (χ3v) is 7.61. The molecule has 9 heteroatoms. The number of anilines is 1. The molecule has 3 aromatic carbocycles. The molecule has 200 valence electrons. The summed E-state index contributed by atoms with van der Waals surface area (Å²) in [4.78, 5) is 28.2. The average Bonchev–Trinajstić information content (AvgIpc) is 3.25. The maximum Gasteiger partial charge on any atom is 0.240 e. The largest absolute Gasteiger partial charge is 0.497 e. The summed E-state index contributed by atoms with van der Waals surface area (Å²) in [5.74, 6) is 0.416. The Morgan fingerprint density at radius 2 is 1.85 bits per heavy atom. The Labute approximate surface area is 231 Å². The van der Waals surface area contributed by atoms with E-state index >= 15 is 0 Å². The van der Waals surface area contributed by atoms with Crippen molar-refractivity contribution in [1.82, 2.24) is 15.1 Å². The molecule has 0 radical (unpaired) electrons. The van der Waals surface area contributed by atoms with Crippen molar-refractivity contribution in [2.45, 2.75) is 25.1 Å². The summed E-state index contributed by atoms with van der Waals surface area (Å²) in [5, 5.41) is 7.51. The highest BCUT2D eigenvalue weighted by molar-refractivity contribution is 8.00. The lowest BCUT2D eigenvalue weighted by molar-refractivity contribution is -0.123. The molecule has 0 saturated heterocycles. The smallest absolute Gasteiger partial charge is 0.240 e. The lowest BCUT2D eigenvalue weighted by atomic mass is 9.99. The highest BCUT2D eigenvalue weighted by Crippen LogP contribution is 2.48. The number of rotatable bonds is 7. The van der Waals surface area contributed by atoms with Crippen LogP contribution in [0.5, 0.6) is 5.75 Å². The van der Waals surface area contributed by atoms with Crippen molar-refractivity contribution < 1.29 is 18.7 Å². The van der Waals surface area contributed by atoms with Crippen molar-refractivity contribution in [2.24, 2.45) is 0 Å². The number of carbonyl (C=O) groups is 2. The van der Waals surface area contributed by atoms with E-state index in [0.29, 0.717) is 28.5 Å². The molecule has 4 aromatic rings. The van der Waals surface area contributed by atoms with Gasteiger partial charge in [-0.1, -0.05) is 42.5 Å². The summed E-state index contributed by atoms with van der Waals surface area (Å²) in [5.41, 5.74) is 3.67. The van der Waals surface area contributed by atoms with Crippen LogP contribution in [0.1, 0.15) is 30.2 Å². The number of halogens is 1. The van der Waals surface area contributed by atoms with E-state index in [2.05, 4.69) is 5.32 Å². The Morgan fingerprint density at radius 1 is 1.10 bits per heavy atom. The monoisotopic (exact) mass is 544 g/mol. The summed E-state index contributed by atoms with van der Waals surface area (Å²) in [6, 6.07) is 23.4. The molecule has 7 nitrogen and oxygen atoms in total. The molecule has 39 heavy (non-hydrogen) atoms. The third-order valence-electron chi connectivity index (χ3n) is 6.36.